The van der Waals surface area contributed by atoms with Crippen LogP contribution in [-0.2, 0) is 6.42 Å². The number of aryl methyl sites for hydroxylation is 1. The molecule has 1 aromatic heterocycles. The molecule has 0 saturated carbocycles. The Labute approximate surface area is 156 Å². The van der Waals surface area contributed by atoms with Gasteiger partial charge in [-0.25, -0.2) is 0 Å². The molecule has 1 aliphatic heterocycles. The number of piperazine rings is 1. The number of furan rings is 1. The highest BCUT2D eigenvalue weighted by molar-refractivity contribution is 5.91. The first-order chi connectivity index (χ1) is 11.6. The van der Waals surface area contributed by atoms with Crippen molar-refractivity contribution in [3.05, 3.63) is 60.1 Å². The van der Waals surface area contributed by atoms with Crippen molar-refractivity contribution >= 4 is 18.3 Å². The van der Waals surface area contributed by atoms with Gasteiger partial charge in [0.05, 0.1) is 6.26 Å². The van der Waals surface area contributed by atoms with E-state index in [1.54, 1.807) is 18.4 Å². The second-order valence-electron chi connectivity index (χ2n) is 6.72. The minimum atomic E-state index is 0. The fourth-order valence-electron chi connectivity index (χ4n) is 3.47. The molecule has 1 amide bonds. The third kappa shape index (κ3) is 4.86. The van der Waals surface area contributed by atoms with Crippen LogP contribution in [0, 0.1) is 0 Å². The molecule has 0 radical (unpaired) electrons. The van der Waals surface area contributed by atoms with Gasteiger partial charge in [-0.05, 0) is 50.9 Å². The van der Waals surface area contributed by atoms with Crippen molar-refractivity contribution in [3.63, 3.8) is 0 Å². The minimum absolute atomic E-state index is 0. The molecule has 1 aliphatic rings. The number of carbonyl (C=O) groups excluding carboxylic acids is 1. The highest BCUT2D eigenvalue weighted by atomic mass is 35.5. The average Bonchev–Trinajstić information content (AvgIpc) is 3.12. The number of halogens is 1. The summed E-state index contributed by atoms with van der Waals surface area (Å²) >= 11 is 0. The van der Waals surface area contributed by atoms with Crippen LogP contribution in [-0.4, -0.2) is 47.4 Å². The summed E-state index contributed by atoms with van der Waals surface area (Å²) in [7, 11) is 0. The Morgan fingerprint density at radius 3 is 2.52 bits per heavy atom. The van der Waals surface area contributed by atoms with E-state index >= 15 is 0 Å². The van der Waals surface area contributed by atoms with Gasteiger partial charge in [-0.15, -0.1) is 12.4 Å². The second kappa shape index (κ2) is 9.07. The molecule has 0 spiro atoms. The molecule has 2 atom stereocenters. The summed E-state index contributed by atoms with van der Waals surface area (Å²) < 4.78 is 5.27. The summed E-state index contributed by atoms with van der Waals surface area (Å²) in [5.74, 6) is 0.440. The van der Waals surface area contributed by atoms with Crippen molar-refractivity contribution in [2.24, 2.45) is 0 Å². The molecule has 3 rings (SSSR count). The van der Waals surface area contributed by atoms with Crippen LogP contribution in [0.15, 0.2) is 53.1 Å². The molecule has 2 aromatic rings. The summed E-state index contributed by atoms with van der Waals surface area (Å²) in [4.78, 5) is 17.0. The molecular formula is C20H27ClN2O2. The summed E-state index contributed by atoms with van der Waals surface area (Å²) in [6, 6.07) is 14.7. The molecule has 2 heterocycles. The molecule has 1 saturated heterocycles. The van der Waals surface area contributed by atoms with Crippen molar-refractivity contribution in [1.29, 1.82) is 0 Å². The molecule has 1 fully saturated rings. The Kier molecular flexibility index (Phi) is 7.09. The van der Waals surface area contributed by atoms with E-state index in [1.165, 1.54) is 5.56 Å². The lowest BCUT2D eigenvalue weighted by Crippen LogP contribution is -2.58. The van der Waals surface area contributed by atoms with E-state index in [0.717, 1.165) is 32.5 Å². The van der Waals surface area contributed by atoms with Gasteiger partial charge in [-0.1, -0.05) is 30.3 Å². The smallest absolute Gasteiger partial charge is 0.289 e. The standard InChI is InChI=1S/C20H26N2O2.ClH/c1-16-15-22(20(23)19-11-7-13-24-19)17(2)14-21(16)12-6-10-18-8-4-3-5-9-18;/h3-5,7-9,11,13,16-17H,6,10,12,14-15H2,1-2H3;1H/t16-,17+;/m0./s1. The zero-order chi connectivity index (χ0) is 16.9. The number of benzene rings is 1. The van der Waals surface area contributed by atoms with E-state index < -0.39 is 0 Å². The van der Waals surface area contributed by atoms with Gasteiger partial charge in [0.15, 0.2) is 5.76 Å². The van der Waals surface area contributed by atoms with E-state index in [1.807, 2.05) is 4.90 Å². The molecular weight excluding hydrogens is 336 g/mol. The predicted molar refractivity (Wildman–Crippen MR) is 102 cm³/mol. The fraction of sp³-hybridized carbons (Fsp3) is 0.450. The number of carbonyl (C=O) groups is 1. The highest BCUT2D eigenvalue weighted by Gasteiger charge is 2.32. The molecule has 5 heteroatoms. The Morgan fingerprint density at radius 1 is 1.08 bits per heavy atom. The van der Waals surface area contributed by atoms with Gasteiger partial charge in [-0.2, -0.15) is 0 Å². The second-order valence-corrected chi connectivity index (χ2v) is 6.72. The van der Waals surface area contributed by atoms with Crippen LogP contribution < -0.4 is 0 Å². The summed E-state index contributed by atoms with van der Waals surface area (Å²) in [5.41, 5.74) is 1.39. The van der Waals surface area contributed by atoms with Gasteiger partial charge in [0.25, 0.3) is 5.91 Å². The maximum atomic E-state index is 12.5. The van der Waals surface area contributed by atoms with Crippen molar-refractivity contribution < 1.29 is 9.21 Å². The van der Waals surface area contributed by atoms with Gasteiger partial charge >= 0.3 is 0 Å². The summed E-state index contributed by atoms with van der Waals surface area (Å²) in [5, 5.41) is 0. The zero-order valence-corrected chi connectivity index (χ0v) is 15.7. The predicted octanol–water partition coefficient (Wildman–Crippen LogP) is 3.87. The normalized spacial score (nSPS) is 21.0. The molecule has 25 heavy (non-hydrogen) atoms. The van der Waals surface area contributed by atoms with Crippen LogP contribution in [0.25, 0.3) is 0 Å². The van der Waals surface area contributed by atoms with Gasteiger partial charge in [0.1, 0.15) is 0 Å². The highest BCUT2D eigenvalue weighted by Crippen LogP contribution is 2.19. The SMILES string of the molecule is C[C@@H]1CN(CCCc2ccccc2)[C@@H](C)CN1C(=O)c1ccco1.Cl. The number of amides is 1. The third-order valence-corrected chi connectivity index (χ3v) is 4.86. The number of hydrogen-bond donors (Lipinski definition) is 0. The van der Waals surface area contributed by atoms with Crippen molar-refractivity contribution in [2.75, 3.05) is 19.6 Å². The van der Waals surface area contributed by atoms with Gasteiger partial charge < -0.3 is 9.32 Å². The van der Waals surface area contributed by atoms with Crippen molar-refractivity contribution in [2.45, 2.75) is 38.8 Å². The third-order valence-electron chi connectivity index (χ3n) is 4.86. The lowest BCUT2D eigenvalue weighted by Gasteiger charge is -2.44. The van der Waals surface area contributed by atoms with Crippen LogP contribution >= 0.6 is 12.4 Å². The van der Waals surface area contributed by atoms with Crippen LogP contribution in [0.3, 0.4) is 0 Å². The molecule has 0 aliphatic carbocycles. The van der Waals surface area contributed by atoms with Gasteiger partial charge in [-0.3, -0.25) is 9.69 Å². The van der Waals surface area contributed by atoms with E-state index in [9.17, 15) is 4.79 Å². The van der Waals surface area contributed by atoms with Crippen LogP contribution in [0.4, 0.5) is 0 Å². The van der Waals surface area contributed by atoms with E-state index in [4.69, 9.17) is 4.42 Å². The number of rotatable bonds is 5. The van der Waals surface area contributed by atoms with Crippen LogP contribution in [0.2, 0.25) is 0 Å². The number of hydrogen-bond acceptors (Lipinski definition) is 3. The Bertz CT molecular complexity index is 645. The molecule has 0 unspecified atom stereocenters. The minimum Gasteiger partial charge on any atom is -0.459 e. The first kappa shape index (κ1) is 19.5. The Hall–Kier alpha value is -1.78. The van der Waals surface area contributed by atoms with Crippen molar-refractivity contribution in [1.82, 2.24) is 9.80 Å². The largest absolute Gasteiger partial charge is 0.459 e. The maximum absolute atomic E-state index is 12.5. The maximum Gasteiger partial charge on any atom is 0.289 e. The van der Waals surface area contributed by atoms with E-state index in [2.05, 4.69) is 49.1 Å². The lowest BCUT2D eigenvalue weighted by molar-refractivity contribution is 0.0290. The Morgan fingerprint density at radius 2 is 1.84 bits per heavy atom. The zero-order valence-electron chi connectivity index (χ0n) is 14.9. The van der Waals surface area contributed by atoms with E-state index in [-0.39, 0.29) is 24.4 Å². The molecule has 0 bridgehead atoms. The lowest BCUT2D eigenvalue weighted by atomic mass is 10.1. The average molecular weight is 363 g/mol. The first-order valence-electron chi connectivity index (χ1n) is 8.77. The first-order valence-corrected chi connectivity index (χ1v) is 8.77. The molecule has 0 N–H and O–H groups in total. The monoisotopic (exact) mass is 362 g/mol. The molecule has 136 valence electrons. The van der Waals surface area contributed by atoms with Crippen LogP contribution in [0.5, 0.6) is 0 Å². The molecule has 1 aromatic carbocycles. The van der Waals surface area contributed by atoms with Gasteiger partial charge in [0.2, 0.25) is 0 Å². The summed E-state index contributed by atoms with van der Waals surface area (Å²) in [6.45, 7) is 7.07. The quantitative estimate of drug-likeness (QED) is 0.810. The Balaban J connectivity index is 0.00000225. The molecule has 4 nitrogen and oxygen atoms in total. The van der Waals surface area contributed by atoms with Gasteiger partial charge in [0, 0.05) is 25.2 Å². The van der Waals surface area contributed by atoms with E-state index in [0.29, 0.717) is 11.8 Å². The fourth-order valence-corrected chi connectivity index (χ4v) is 3.47. The number of nitrogens with zero attached hydrogens (tertiary/aromatic N) is 2. The topological polar surface area (TPSA) is 36.7 Å². The van der Waals surface area contributed by atoms with Crippen molar-refractivity contribution in [3.8, 4) is 0 Å². The van der Waals surface area contributed by atoms with Crippen LogP contribution in [0.1, 0.15) is 36.4 Å². The summed E-state index contributed by atoms with van der Waals surface area (Å²) in [6.07, 6.45) is 3.81.